The molecule has 0 atom stereocenters. The number of carbonyl (C=O) groups excluding carboxylic acids is 2. The molecular weight excluding hydrogens is 322 g/mol. The molecule has 0 aromatic heterocycles. The van der Waals surface area contributed by atoms with Crippen molar-refractivity contribution in [1.82, 2.24) is 0 Å². The van der Waals surface area contributed by atoms with Crippen LogP contribution in [0.4, 0.5) is 5.69 Å². The zero-order valence-electron chi connectivity index (χ0n) is 11.7. The maximum absolute atomic E-state index is 12.2. The molecule has 0 N–H and O–H groups in total. The van der Waals surface area contributed by atoms with Crippen molar-refractivity contribution >= 4 is 33.5 Å². The van der Waals surface area contributed by atoms with Crippen LogP contribution in [0.3, 0.4) is 0 Å². The molecule has 0 spiro atoms. The van der Waals surface area contributed by atoms with Crippen LogP contribution in [-0.4, -0.2) is 25.5 Å². The van der Waals surface area contributed by atoms with Crippen LogP contribution in [0.15, 0.2) is 16.6 Å². The summed E-state index contributed by atoms with van der Waals surface area (Å²) in [5.41, 5.74) is 2.08. The van der Waals surface area contributed by atoms with Gasteiger partial charge in [-0.25, -0.2) is 4.79 Å². The van der Waals surface area contributed by atoms with Crippen LogP contribution in [0.5, 0.6) is 0 Å². The normalized spacial score (nSPS) is 15.9. The molecule has 1 heterocycles. The van der Waals surface area contributed by atoms with E-state index in [9.17, 15) is 9.59 Å². The summed E-state index contributed by atoms with van der Waals surface area (Å²) in [5.74, 6) is -0.258. The van der Waals surface area contributed by atoms with Crippen molar-refractivity contribution in [2.75, 3.05) is 18.6 Å². The quantitative estimate of drug-likeness (QED) is 0.775. The highest BCUT2D eigenvalue weighted by atomic mass is 79.9. The van der Waals surface area contributed by atoms with E-state index in [0.29, 0.717) is 18.5 Å². The van der Waals surface area contributed by atoms with Crippen LogP contribution in [0, 0.1) is 6.92 Å². The van der Waals surface area contributed by atoms with Gasteiger partial charge >= 0.3 is 5.97 Å². The Morgan fingerprint density at radius 3 is 2.75 bits per heavy atom. The molecule has 0 radical (unpaired) electrons. The van der Waals surface area contributed by atoms with Crippen molar-refractivity contribution in [2.45, 2.75) is 32.6 Å². The Morgan fingerprint density at radius 2 is 2.05 bits per heavy atom. The topological polar surface area (TPSA) is 46.6 Å². The molecule has 108 valence electrons. The third-order valence-corrected chi connectivity index (χ3v) is 4.07. The number of ether oxygens (including phenoxy) is 1. The molecule has 0 bridgehead atoms. The summed E-state index contributed by atoms with van der Waals surface area (Å²) in [6, 6.07) is 3.62. The molecule has 0 saturated carbocycles. The number of hydrogen-bond donors (Lipinski definition) is 0. The Bertz CT molecular complexity index is 542. The minimum atomic E-state index is -0.382. The van der Waals surface area contributed by atoms with Gasteiger partial charge in [-0.15, -0.1) is 0 Å². The summed E-state index contributed by atoms with van der Waals surface area (Å²) < 4.78 is 5.58. The molecule has 1 fully saturated rings. The molecule has 4 nitrogen and oxygen atoms in total. The van der Waals surface area contributed by atoms with Gasteiger partial charge in [-0.2, -0.15) is 0 Å². The van der Waals surface area contributed by atoms with Crippen LogP contribution < -0.4 is 4.90 Å². The van der Waals surface area contributed by atoms with Crippen molar-refractivity contribution in [1.29, 1.82) is 0 Å². The first kappa shape index (κ1) is 15.0. The summed E-state index contributed by atoms with van der Waals surface area (Å²) in [4.78, 5) is 25.8. The molecular formula is C15H18BrNO3. The van der Waals surface area contributed by atoms with E-state index < -0.39 is 0 Å². The smallest absolute Gasteiger partial charge is 0.338 e. The van der Waals surface area contributed by atoms with Crippen LogP contribution >= 0.6 is 15.9 Å². The second-order valence-electron chi connectivity index (χ2n) is 4.95. The summed E-state index contributed by atoms with van der Waals surface area (Å²) in [6.45, 7) is 2.56. The fourth-order valence-corrected chi connectivity index (χ4v) is 2.95. The largest absolute Gasteiger partial charge is 0.465 e. The minimum Gasteiger partial charge on any atom is -0.465 e. The highest BCUT2D eigenvalue weighted by Gasteiger charge is 2.23. The molecule has 1 amide bonds. The summed E-state index contributed by atoms with van der Waals surface area (Å²) in [5, 5.41) is 0. The van der Waals surface area contributed by atoms with Gasteiger partial charge in [0.05, 0.1) is 12.7 Å². The lowest BCUT2D eigenvalue weighted by Gasteiger charge is -2.24. The number of carbonyl (C=O) groups is 2. The second-order valence-corrected chi connectivity index (χ2v) is 5.86. The first-order valence-corrected chi connectivity index (χ1v) is 7.52. The molecule has 1 aromatic carbocycles. The average Bonchev–Trinajstić information content (AvgIpc) is 2.65. The predicted octanol–water partition coefficient (Wildman–Crippen LogP) is 3.45. The standard InChI is InChI=1S/C15H18BrNO3/c1-10-12(15(19)20-2)8-11(16)9-13(10)17-7-5-3-4-6-14(17)18/h8-9H,3-7H2,1-2H3. The molecule has 0 aliphatic carbocycles. The van der Waals surface area contributed by atoms with Gasteiger partial charge in [0.25, 0.3) is 0 Å². The van der Waals surface area contributed by atoms with E-state index in [1.165, 1.54) is 7.11 Å². The lowest BCUT2D eigenvalue weighted by molar-refractivity contribution is -0.118. The Labute approximate surface area is 127 Å². The monoisotopic (exact) mass is 339 g/mol. The molecule has 5 heteroatoms. The van der Waals surface area contributed by atoms with Crippen LogP contribution in [-0.2, 0) is 9.53 Å². The maximum Gasteiger partial charge on any atom is 0.338 e. The van der Waals surface area contributed by atoms with E-state index >= 15 is 0 Å². The van der Waals surface area contributed by atoms with Gasteiger partial charge < -0.3 is 9.64 Å². The number of methoxy groups -OCH3 is 1. The van der Waals surface area contributed by atoms with Gasteiger partial charge in [0.1, 0.15) is 0 Å². The van der Waals surface area contributed by atoms with Gasteiger partial charge in [0, 0.05) is 23.1 Å². The van der Waals surface area contributed by atoms with Crippen molar-refractivity contribution < 1.29 is 14.3 Å². The van der Waals surface area contributed by atoms with Gasteiger partial charge in [0.15, 0.2) is 0 Å². The summed E-state index contributed by atoms with van der Waals surface area (Å²) in [7, 11) is 1.36. The maximum atomic E-state index is 12.2. The molecule has 1 aliphatic rings. The zero-order valence-corrected chi connectivity index (χ0v) is 13.3. The van der Waals surface area contributed by atoms with E-state index in [4.69, 9.17) is 4.74 Å². The van der Waals surface area contributed by atoms with Crippen molar-refractivity contribution in [3.63, 3.8) is 0 Å². The first-order valence-electron chi connectivity index (χ1n) is 6.73. The molecule has 1 saturated heterocycles. The van der Waals surface area contributed by atoms with Gasteiger partial charge in [-0.3, -0.25) is 4.79 Å². The van der Waals surface area contributed by atoms with E-state index in [2.05, 4.69) is 15.9 Å². The Morgan fingerprint density at radius 1 is 1.30 bits per heavy atom. The van der Waals surface area contributed by atoms with Gasteiger partial charge in [-0.1, -0.05) is 22.4 Å². The number of halogens is 1. The summed E-state index contributed by atoms with van der Waals surface area (Å²) >= 11 is 3.40. The third kappa shape index (κ3) is 3.03. The average molecular weight is 340 g/mol. The first-order chi connectivity index (χ1) is 9.54. The fraction of sp³-hybridized carbons (Fsp3) is 0.467. The molecule has 0 unspecified atom stereocenters. The highest BCUT2D eigenvalue weighted by Crippen LogP contribution is 2.30. The summed E-state index contributed by atoms with van der Waals surface area (Å²) in [6.07, 6.45) is 3.57. The van der Waals surface area contributed by atoms with Crippen LogP contribution in [0.2, 0.25) is 0 Å². The molecule has 2 rings (SSSR count). The number of hydrogen-bond acceptors (Lipinski definition) is 3. The second kappa shape index (κ2) is 6.39. The molecule has 1 aromatic rings. The lowest BCUT2D eigenvalue weighted by atomic mass is 10.1. The van der Waals surface area contributed by atoms with Crippen molar-refractivity contribution in [3.05, 3.63) is 27.7 Å². The van der Waals surface area contributed by atoms with E-state index in [0.717, 1.165) is 35.0 Å². The fourth-order valence-electron chi connectivity index (χ4n) is 2.50. The highest BCUT2D eigenvalue weighted by molar-refractivity contribution is 9.10. The number of anilines is 1. The van der Waals surface area contributed by atoms with E-state index in [1.807, 2.05) is 13.0 Å². The molecule has 1 aliphatic heterocycles. The predicted molar refractivity (Wildman–Crippen MR) is 81.0 cm³/mol. The number of benzene rings is 1. The zero-order chi connectivity index (χ0) is 14.7. The number of rotatable bonds is 2. The van der Waals surface area contributed by atoms with E-state index in [1.54, 1.807) is 11.0 Å². The van der Waals surface area contributed by atoms with Crippen LogP contribution in [0.1, 0.15) is 41.6 Å². The van der Waals surface area contributed by atoms with E-state index in [-0.39, 0.29) is 11.9 Å². The Balaban J connectivity index is 2.47. The number of esters is 1. The third-order valence-electron chi connectivity index (χ3n) is 3.61. The van der Waals surface area contributed by atoms with Crippen molar-refractivity contribution in [3.8, 4) is 0 Å². The Hall–Kier alpha value is -1.36. The minimum absolute atomic E-state index is 0.125. The number of amides is 1. The lowest BCUT2D eigenvalue weighted by Crippen LogP contribution is -2.31. The van der Waals surface area contributed by atoms with Crippen LogP contribution in [0.25, 0.3) is 0 Å². The molecule has 20 heavy (non-hydrogen) atoms. The van der Waals surface area contributed by atoms with Gasteiger partial charge in [-0.05, 0) is 37.5 Å². The van der Waals surface area contributed by atoms with Gasteiger partial charge in [0.2, 0.25) is 5.91 Å². The number of nitrogens with zero attached hydrogens (tertiary/aromatic N) is 1. The SMILES string of the molecule is COC(=O)c1cc(Br)cc(N2CCCCCC2=O)c1C. The van der Waals surface area contributed by atoms with Crippen molar-refractivity contribution in [2.24, 2.45) is 0 Å². The Kier molecular flexibility index (Phi) is 4.81.